The molecule has 1 unspecified atom stereocenters. The van der Waals surface area contributed by atoms with E-state index in [2.05, 4.69) is 68.4 Å². The minimum Gasteiger partial charge on any atom is -0.297 e. The number of fused-ring (bicyclic) bond motifs is 1. The summed E-state index contributed by atoms with van der Waals surface area (Å²) in [7, 11) is 2.09. The number of hydrogen-bond donors (Lipinski definition) is 0. The van der Waals surface area contributed by atoms with E-state index in [4.69, 9.17) is 0 Å². The minimum atomic E-state index is 0.342. The Hall–Kier alpha value is -1.56. The maximum atomic E-state index is 4.64. The van der Waals surface area contributed by atoms with Gasteiger partial charge in [-0.3, -0.25) is 4.90 Å². The molecule has 0 N–H and O–H groups in total. The fraction of sp³-hybridized carbons (Fsp3) is 0.412. The molecule has 1 atom stereocenters. The summed E-state index contributed by atoms with van der Waals surface area (Å²) in [4.78, 5) is 6.51. The van der Waals surface area contributed by atoms with Gasteiger partial charge in [0.15, 0.2) is 12.7 Å². The third kappa shape index (κ3) is 2.60. The zero-order valence-electron chi connectivity index (χ0n) is 12.9. The van der Waals surface area contributed by atoms with Gasteiger partial charge in [-0.15, -0.1) is 16.0 Å². The Morgan fingerprint density at radius 3 is 2.68 bits per heavy atom. The Kier molecular flexibility index (Phi) is 3.78. The summed E-state index contributed by atoms with van der Waals surface area (Å²) in [5.74, 6) is 0. The first kappa shape index (κ1) is 14.1. The van der Waals surface area contributed by atoms with Crippen LogP contribution in [0.3, 0.4) is 0 Å². The maximum Gasteiger partial charge on any atom is 0.272 e. The van der Waals surface area contributed by atoms with Crippen LogP contribution < -0.4 is 0 Å². The Bertz CT molecular complexity index is 671. The SMILES string of the molecule is C[N+]1=Nc2ccsc2C1N1CCN(Cc2ccccc2)CC1. The molecule has 2 aliphatic heterocycles. The molecule has 0 bridgehead atoms. The number of thiophene rings is 1. The maximum absolute atomic E-state index is 4.64. The van der Waals surface area contributed by atoms with Gasteiger partial charge in [0.2, 0.25) is 0 Å². The summed E-state index contributed by atoms with van der Waals surface area (Å²) in [6.07, 6.45) is 0.342. The van der Waals surface area contributed by atoms with E-state index < -0.39 is 0 Å². The molecular weight excluding hydrogens is 292 g/mol. The van der Waals surface area contributed by atoms with Crippen LogP contribution in [0.25, 0.3) is 0 Å². The normalized spacial score (nSPS) is 22.6. The van der Waals surface area contributed by atoms with Gasteiger partial charge < -0.3 is 0 Å². The Balaban J connectivity index is 1.40. The average Bonchev–Trinajstić information content (AvgIpc) is 3.09. The standard InChI is InChI=1S/C17H21N4S/c1-19-17(16-15(18-19)7-12-22-16)21-10-8-20(9-11-21)13-14-5-3-2-4-6-14/h2-7,12,17H,8-11,13H2,1H3/q+1. The molecule has 0 amide bonds. The predicted octanol–water partition coefficient (Wildman–Crippen LogP) is 3.30. The number of benzene rings is 1. The second-order valence-corrected chi connectivity index (χ2v) is 6.96. The number of azo groups is 2. The van der Waals surface area contributed by atoms with Gasteiger partial charge in [-0.1, -0.05) is 30.3 Å². The third-order valence-corrected chi connectivity index (χ3v) is 5.48. The molecule has 1 saturated heterocycles. The summed E-state index contributed by atoms with van der Waals surface area (Å²) >= 11 is 1.83. The molecule has 2 aromatic rings. The second kappa shape index (κ2) is 5.91. The van der Waals surface area contributed by atoms with E-state index in [0.717, 1.165) is 38.4 Å². The molecule has 5 heteroatoms. The lowest BCUT2D eigenvalue weighted by atomic mass is 10.2. The molecule has 0 spiro atoms. The number of nitrogens with zero attached hydrogens (tertiary/aromatic N) is 4. The van der Waals surface area contributed by atoms with Crippen molar-refractivity contribution >= 4 is 17.0 Å². The Morgan fingerprint density at radius 1 is 1.14 bits per heavy atom. The lowest BCUT2D eigenvalue weighted by Gasteiger charge is -2.35. The fourth-order valence-electron chi connectivity index (χ4n) is 3.39. The van der Waals surface area contributed by atoms with Crippen molar-refractivity contribution in [3.8, 4) is 0 Å². The van der Waals surface area contributed by atoms with E-state index in [0.29, 0.717) is 6.17 Å². The highest BCUT2D eigenvalue weighted by Crippen LogP contribution is 2.40. The molecule has 1 aromatic heterocycles. The van der Waals surface area contributed by atoms with Gasteiger partial charge in [0.25, 0.3) is 6.17 Å². The average molecular weight is 313 g/mol. The van der Waals surface area contributed by atoms with Crippen molar-refractivity contribution in [1.29, 1.82) is 0 Å². The van der Waals surface area contributed by atoms with Crippen LogP contribution in [-0.4, -0.2) is 47.7 Å². The molecule has 114 valence electrons. The van der Waals surface area contributed by atoms with Gasteiger partial charge in [-0.25, -0.2) is 4.90 Å². The molecule has 1 aromatic carbocycles. The third-order valence-electron chi connectivity index (χ3n) is 4.53. The molecule has 4 rings (SSSR count). The van der Waals surface area contributed by atoms with E-state index in [9.17, 15) is 0 Å². The summed E-state index contributed by atoms with van der Waals surface area (Å²) in [5.41, 5.74) is 2.56. The van der Waals surface area contributed by atoms with Crippen LogP contribution in [0.4, 0.5) is 5.69 Å². The molecule has 0 radical (unpaired) electrons. The van der Waals surface area contributed by atoms with Crippen molar-refractivity contribution in [2.24, 2.45) is 5.11 Å². The van der Waals surface area contributed by atoms with Crippen LogP contribution in [-0.2, 0) is 6.54 Å². The first-order valence-corrected chi connectivity index (χ1v) is 8.71. The van der Waals surface area contributed by atoms with Crippen molar-refractivity contribution in [1.82, 2.24) is 9.80 Å². The van der Waals surface area contributed by atoms with E-state index in [1.54, 1.807) is 0 Å². The second-order valence-electron chi connectivity index (χ2n) is 6.02. The minimum absolute atomic E-state index is 0.342. The fourth-order valence-corrected chi connectivity index (χ4v) is 4.39. The van der Waals surface area contributed by atoms with E-state index >= 15 is 0 Å². The molecule has 4 nitrogen and oxygen atoms in total. The van der Waals surface area contributed by atoms with E-state index in [-0.39, 0.29) is 0 Å². The summed E-state index contributed by atoms with van der Waals surface area (Å²) < 4.78 is 2.12. The van der Waals surface area contributed by atoms with E-state index in [1.807, 2.05) is 11.3 Å². The van der Waals surface area contributed by atoms with Crippen LogP contribution in [0.5, 0.6) is 0 Å². The molecule has 0 saturated carbocycles. The first-order valence-electron chi connectivity index (χ1n) is 7.83. The highest BCUT2D eigenvalue weighted by Gasteiger charge is 2.39. The van der Waals surface area contributed by atoms with Crippen molar-refractivity contribution in [2.75, 3.05) is 33.2 Å². The van der Waals surface area contributed by atoms with Gasteiger partial charge in [-0.05, 0) is 22.1 Å². The number of rotatable bonds is 3. The Morgan fingerprint density at radius 2 is 1.91 bits per heavy atom. The van der Waals surface area contributed by atoms with Crippen LogP contribution in [0.1, 0.15) is 16.6 Å². The lowest BCUT2D eigenvalue weighted by molar-refractivity contribution is -0.622. The quantitative estimate of drug-likeness (QED) is 0.811. The van der Waals surface area contributed by atoms with Gasteiger partial charge in [-0.2, -0.15) is 0 Å². The zero-order chi connectivity index (χ0) is 14.9. The van der Waals surface area contributed by atoms with E-state index in [1.165, 1.54) is 10.4 Å². The molecule has 1 fully saturated rings. The Labute approximate surface area is 135 Å². The van der Waals surface area contributed by atoms with Crippen LogP contribution >= 0.6 is 11.3 Å². The smallest absolute Gasteiger partial charge is 0.272 e. The van der Waals surface area contributed by atoms with Gasteiger partial charge in [0.1, 0.15) is 4.88 Å². The van der Waals surface area contributed by atoms with Gasteiger partial charge in [0, 0.05) is 32.7 Å². The van der Waals surface area contributed by atoms with Crippen molar-refractivity contribution in [2.45, 2.75) is 12.7 Å². The zero-order valence-corrected chi connectivity index (χ0v) is 13.7. The van der Waals surface area contributed by atoms with Crippen LogP contribution in [0.15, 0.2) is 46.9 Å². The number of hydrogen-bond acceptors (Lipinski definition) is 4. The molecule has 3 heterocycles. The predicted molar refractivity (Wildman–Crippen MR) is 88.6 cm³/mol. The lowest BCUT2D eigenvalue weighted by Crippen LogP contribution is -2.48. The summed E-state index contributed by atoms with van der Waals surface area (Å²) in [5, 5.41) is 6.80. The summed E-state index contributed by atoms with van der Waals surface area (Å²) in [6.45, 7) is 5.52. The molecule has 2 aliphatic rings. The highest BCUT2D eigenvalue weighted by molar-refractivity contribution is 7.10. The van der Waals surface area contributed by atoms with Crippen molar-refractivity contribution < 1.29 is 4.70 Å². The largest absolute Gasteiger partial charge is 0.297 e. The molecule has 22 heavy (non-hydrogen) atoms. The topological polar surface area (TPSA) is 21.9 Å². The monoisotopic (exact) mass is 313 g/mol. The number of piperazine rings is 1. The van der Waals surface area contributed by atoms with Gasteiger partial charge >= 0.3 is 0 Å². The van der Waals surface area contributed by atoms with Gasteiger partial charge in [0.05, 0.1) is 0 Å². The van der Waals surface area contributed by atoms with Crippen molar-refractivity contribution in [3.63, 3.8) is 0 Å². The van der Waals surface area contributed by atoms with Crippen LogP contribution in [0.2, 0.25) is 0 Å². The summed E-state index contributed by atoms with van der Waals surface area (Å²) in [6, 6.07) is 12.9. The van der Waals surface area contributed by atoms with Crippen molar-refractivity contribution in [3.05, 3.63) is 52.2 Å². The molecular formula is C17H21N4S+. The first-order chi connectivity index (χ1) is 10.8. The van der Waals surface area contributed by atoms with Crippen LogP contribution in [0, 0.1) is 0 Å². The molecule has 0 aliphatic carbocycles. The highest BCUT2D eigenvalue weighted by atomic mass is 32.1.